The summed E-state index contributed by atoms with van der Waals surface area (Å²) in [7, 11) is 0. The maximum atomic E-state index is 12.7. The zero-order chi connectivity index (χ0) is 17.2. The number of hydrogen-bond donors (Lipinski definition) is 1. The third kappa shape index (κ3) is 5.54. The van der Waals surface area contributed by atoms with Crippen LogP contribution in [0.25, 0.3) is 0 Å². The molecule has 0 radical (unpaired) electrons. The molecule has 24 heavy (non-hydrogen) atoms. The van der Waals surface area contributed by atoms with E-state index in [0.717, 1.165) is 24.0 Å². The normalized spacial score (nSPS) is 10.5. The number of aliphatic carboxylic acids is 1. The molecule has 2 rings (SSSR count). The molecule has 0 bridgehead atoms. The lowest BCUT2D eigenvalue weighted by Crippen LogP contribution is -2.30. The Labute approximate surface area is 142 Å². The van der Waals surface area contributed by atoms with E-state index in [9.17, 15) is 14.7 Å². The van der Waals surface area contributed by atoms with Crippen LogP contribution < -0.4 is 10.4 Å². The average molecular weight is 324 g/mol. The van der Waals surface area contributed by atoms with Crippen LogP contribution in [0.4, 0.5) is 0 Å². The van der Waals surface area contributed by atoms with E-state index >= 15 is 0 Å². The van der Waals surface area contributed by atoms with Crippen LogP contribution in [-0.4, -0.2) is 18.4 Å². The number of benzene rings is 2. The summed E-state index contributed by atoms with van der Waals surface area (Å²) in [6, 6.07) is 19.4. The van der Waals surface area contributed by atoms with Gasteiger partial charge in [0.25, 0.3) is 0 Å². The molecule has 0 spiro atoms. The van der Waals surface area contributed by atoms with Crippen LogP contribution in [0.5, 0.6) is 0 Å². The molecule has 0 aliphatic rings. The average Bonchev–Trinajstić information content (AvgIpc) is 2.60. The lowest BCUT2D eigenvalue weighted by Gasteiger charge is -2.18. The van der Waals surface area contributed by atoms with Crippen LogP contribution in [-0.2, 0) is 9.59 Å². The molecule has 2 aromatic rings. The standard InChI is InChI=1S/C20H23NO3/c22-18(23)14-8-3-9-15-21-20(24)19(16-10-4-1-5-11-16)17-12-6-2-7-13-17/h1-2,4-7,10-13,19H,3,8-9,14-15H2,(H,21,24)(H,22,23)/p-1. The number of carbonyl (C=O) groups is 2. The van der Waals surface area contributed by atoms with Crippen molar-refractivity contribution in [1.82, 2.24) is 5.32 Å². The monoisotopic (exact) mass is 324 g/mol. The molecule has 0 aromatic heterocycles. The Hall–Kier alpha value is -2.62. The summed E-state index contributed by atoms with van der Waals surface area (Å²) in [5.74, 6) is -1.39. The lowest BCUT2D eigenvalue weighted by molar-refractivity contribution is -0.305. The minimum atomic E-state index is -1.02. The number of hydrogen-bond acceptors (Lipinski definition) is 3. The van der Waals surface area contributed by atoms with Gasteiger partial charge in [0.1, 0.15) is 0 Å². The first-order valence-corrected chi connectivity index (χ1v) is 8.26. The molecular formula is C20H22NO3-. The molecule has 0 aliphatic carbocycles. The van der Waals surface area contributed by atoms with Crippen LogP contribution in [0.2, 0.25) is 0 Å². The quantitative estimate of drug-likeness (QED) is 0.719. The topological polar surface area (TPSA) is 69.2 Å². The molecular weight excluding hydrogens is 302 g/mol. The van der Waals surface area contributed by atoms with Gasteiger partial charge in [0.05, 0.1) is 5.92 Å². The first-order chi connectivity index (χ1) is 11.7. The van der Waals surface area contributed by atoms with Crippen LogP contribution in [0.1, 0.15) is 42.7 Å². The van der Waals surface area contributed by atoms with Gasteiger partial charge in [-0.1, -0.05) is 67.1 Å². The van der Waals surface area contributed by atoms with Crippen molar-refractivity contribution in [2.45, 2.75) is 31.6 Å². The van der Waals surface area contributed by atoms with Crippen LogP contribution >= 0.6 is 0 Å². The third-order valence-corrected chi connectivity index (χ3v) is 3.88. The highest BCUT2D eigenvalue weighted by Gasteiger charge is 2.21. The van der Waals surface area contributed by atoms with Gasteiger partial charge in [-0.05, 0) is 30.4 Å². The molecule has 126 valence electrons. The number of amides is 1. The van der Waals surface area contributed by atoms with Gasteiger partial charge in [-0.25, -0.2) is 0 Å². The number of unbranched alkanes of at least 4 members (excludes halogenated alkanes) is 2. The molecule has 4 heteroatoms. The summed E-state index contributed by atoms with van der Waals surface area (Å²) in [6.45, 7) is 0.544. The van der Waals surface area contributed by atoms with Crippen molar-refractivity contribution >= 4 is 11.9 Å². The Morgan fingerprint density at radius 1 is 0.833 bits per heavy atom. The largest absolute Gasteiger partial charge is 0.550 e. The van der Waals surface area contributed by atoms with E-state index in [1.807, 2.05) is 60.7 Å². The van der Waals surface area contributed by atoms with Crippen molar-refractivity contribution in [1.29, 1.82) is 0 Å². The predicted molar refractivity (Wildman–Crippen MR) is 91.2 cm³/mol. The number of carboxylic acids is 1. The highest BCUT2D eigenvalue weighted by molar-refractivity contribution is 5.87. The fourth-order valence-corrected chi connectivity index (χ4v) is 2.67. The lowest BCUT2D eigenvalue weighted by atomic mass is 9.90. The zero-order valence-corrected chi connectivity index (χ0v) is 13.6. The van der Waals surface area contributed by atoms with Crippen LogP contribution in [0.3, 0.4) is 0 Å². The highest BCUT2D eigenvalue weighted by Crippen LogP contribution is 2.24. The minimum Gasteiger partial charge on any atom is -0.550 e. The van der Waals surface area contributed by atoms with E-state index in [1.54, 1.807) is 0 Å². The van der Waals surface area contributed by atoms with Gasteiger partial charge in [0, 0.05) is 12.5 Å². The summed E-state index contributed by atoms with van der Waals surface area (Å²) in [4.78, 5) is 23.0. The van der Waals surface area contributed by atoms with Crippen molar-refractivity contribution in [3.05, 3.63) is 71.8 Å². The van der Waals surface area contributed by atoms with Gasteiger partial charge in [-0.3, -0.25) is 4.79 Å². The highest BCUT2D eigenvalue weighted by atomic mass is 16.4. The molecule has 0 saturated carbocycles. The van der Waals surface area contributed by atoms with Crippen LogP contribution in [0, 0.1) is 0 Å². The minimum absolute atomic E-state index is 0.0349. The van der Waals surface area contributed by atoms with Gasteiger partial charge in [-0.15, -0.1) is 0 Å². The summed E-state index contributed by atoms with van der Waals surface area (Å²) in [6.07, 6.45) is 2.18. The van der Waals surface area contributed by atoms with Crippen molar-refractivity contribution in [3.8, 4) is 0 Å². The summed E-state index contributed by atoms with van der Waals surface area (Å²) in [5, 5.41) is 13.3. The van der Waals surface area contributed by atoms with Gasteiger partial charge < -0.3 is 15.2 Å². The molecule has 2 aromatic carbocycles. The van der Waals surface area contributed by atoms with Gasteiger partial charge in [0.15, 0.2) is 0 Å². The molecule has 0 heterocycles. The second kappa shape index (κ2) is 9.50. The fraction of sp³-hybridized carbons (Fsp3) is 0.300. The molecule has 0 unspecified atom stereocenters. The summed E-state index contributed by atoms with van der Waals surface area (Å²) >= 11 is 0. The first kappa shape index (κ1) is 17.7. The Kier molecular flexibility index (Phi) is 7.02. The maximum Gasteiger partial charge on any atom is 0.232 e. The molecule has 0 atom stereocenters. The van der Waals surface area contributed by atoms with Gasteiger partial charge >= 0.3 is 0 Å². The Morgan fingerprint density at radius 3 is 1.88 bits per heavy atom. The maximum absolute atomic E-state index is 12.7. The molecule has 0 saturated heterocycles. The Morgan fingerprint density at radius 2 is 1.38 bits per heavy atom. The number of carboxylic acid groups (broad SMARTS) is 1. The van der Waals surface area contributed by atoms with E-state index in [0.29, 0.717) is 13.0 Å². The first-order valence-electron chi connectivity index (χ1n) is 8.26. The van der Waals surface area contributed by atoms with Crippen molar-refractivity contribution < 1.29 is 14.7 Å². The van der Waals surface area contributed by atoms with E-state index < -0.39 is 5.97 Å². The Bertz CT molecular complexity index is 601. The molecule has 1 amide bonds. The molecule has 1 N–H and O–H groups in total. The van der Waals surface area contributed by atoms with E-state index in [2.05, 4.69) is 5.32 Å². The fourth-order valence-electron chi connectivity index (χ4n) is 2.67. The third-order valence-electron chi connectivity index (χ3n) is 3.88. The van der Waals surface area contributed by atoms with E-state index in [1.165, 1.54) is 0 Å². The smallest absolute Gasteiger partial charge is 0.232 e. The van der Waals surface area contributed by atoms with E-state index in [4.69, 9.17) is 0 Å². The molecule has 0 fully saturated rings. The van der Waals surface area contributed by atoms with Gasteiger partial charge in [0.2, 0.25) is 5.91 Å². The van der Waals surface area contributed by atoms with Crippen molar-refractivity contribution in [3.63, 3.8) is 0 Å². The van der Waals surface area contributed by atoms with Crippen LogP contribution in [0.15, 0.2) is 60.7 Å². The van der Waals surface area contributed by atoms with E-state index in [-0.39, 0.29) is 18.2 Å². The number of carbonyl (C=O) groups excluding carboxylic acids is 2. The second-order valence-electron chi connectivity index (χ2n) is 5.73. The Balaban J connectivity index is 1.95. The zero-order valence-electron chi connectivity index (χ0n) is 13.6. The second-order valence-corrected chi connectivity index (χ2v) is 5.73. The number of rotatable bonds is 9. The summed E-state index contributed by atoms with van der Waals surface area (Å²) in [5.41, 5.74) is 1.91. The van der Waals surface area contributed by atoms with Crippen molar-refractivity contribution in [2.75, 3.05) is 6.54 Å². The van der Waals surface area contributed by atoms with Gasteiger partial charge in [-0.2, -0.15) is 0 Å². The molecule has 4 nitrogen and oxygen atoms in total. The predicted octanol–water partition coefficient (Wildman–Crippen LogP) is 2.25. The SMILES string of the molecule is O=C([O-])CCCCCNC(=O)C(c1ccccc1)c1ccccc1. The van der Waals surface area contributed by atoms with Crippen molar-refractivity contribution in [2.24, 2.45) is 0 Å². The number of nitrogens with one attached hydrogen (secondary N) is 1. The molecule has 0 aliphatic heterocycles. The summed E-state index contributed by atoms with van der Waals surface area (Å²) < 4.78 is 0.